The van der Waals surface area contributed by atoms with Gasteiger partial charge >= 0.3 is 0 Å². The summed E-state index contributed by atoms with van der Waals surface area (Å²) in [6.07, 6.45) is 12.6. The quantitative estimate of drug-likeness (QED) is 0.572. The van der Waals surface area contributed by atoms with E-state index in [4.69, 9.17) is 0 Å². The van der Waals surface area contributed by atoms with Gasteiger partial charge in [0.15, 0.2) is 0 Å². The van der Waals surface area contributed by atoms with Crippen LogP contribution in [0.5, 0.6) is 0 Å². The molecule has 0 unspecified atom stereocenters. The Hall–Kier alpha value is -0.960. The molecule has 0 spiro atoms. The van der Waals surface area contributed by atoms with Crippen molar-refractivity contribution in [2.45, 2.75) is 46.0 Å². The fraction of sp³-hybridized carbons (Fsp3) is 0.571. The van der Waals surface area contributed by atoms with Gasteiger partial charge in [0.1, 0.15) is 0 Å². The Morgan fingerprint density at radius 3 is 2.93 bits per heavy atom. The van der Waals surface area contributed by atoms with Crippen LogP contribution in [0.2, 0.25) is 0 Å². The van der Waals surface area contributed by atoms with Crippen LogP contribution < -0.4 is 0 Å². The molecule has 0 N–H and O–H groups in total. The highest BCUT2D eigenvalue weighted by Gasteiger charge is 1.98. The number of rotatable bonds is 2. The molecule has 0 nitrogen and oxygen atoms in total. The van der Waals surface area contributed by atoms with E-state index in [1.807, 2.05) is 6.08 Å². The minimum Gasteiger partial charge on any atom is -0.0759 e. The molecule has 1 rings (SSSR count). The van der Waals surface area contributed by atoms with Crippen molar-refractivity contribution in [2.24, 2.45) is 5.92 Å². The maximum Gasteiger partial charge on any atom is -0.00160 e. The predicted octanol–water partition coefficient (Wildman–Crippen LogP) is 4.09. The minimum atomic E-state index is 0.738. The fourth-order valence-corrected chi connectivity index (χ4v) is 1.49. The van der Waals surface area contributed by atoms with Crippen LogP contribution in [0, 0.1) is 17.8 Å². The zero-order valence-corrected chi connectivity index (χ0v) is 9.34. The lowest BCUT2D eigenvalue weighted by atomic mass is 10.0. The Morgan fingerprint density at radius 1 is 1.43 bits per heavy atom. The standard InChI is InChI=1S/C14H20/c1-13(2)9-5-3-6-10-14-11-7-4-8-12-14/h3,5,11,13H,4,7-9,12H2,1-2H3/b5-3+. The molecular weight excluding hydrogens is 168 g/mol. The Kier molecular flexibility index (Phi) is 5.15. The van der Waals surface area contributed by atoms with Crippen LogP contribution >= 0.6 is 0 Å². The molecule has 1 aliphatic rings. The van der Waals surface area contributed by atoms with Gasteiger partial charge in [-0.15, -0.1) is 0 Å². The minimum absolute atomic E-state index is 0.738. The second-order valence-corrected chi connectivity index (χ2v) is 4.28. The van der Waals surface area contributed by atoms with E-state index in [0.29, 0.717) is 0 Å². The van der Waals surface area contributed by atoms with Crippen molar-refractivity contribution in [3.05, 3.63) is 23.8 Å². The summed E-state index contributed by atoms with van der Waals surface area (Å²) in [6, 6.07) is 0. The SMILES string of the molecule is CC(C)C/C=C/C#CC1=CCCCC1. The van der Waals surface area contributed by atoms with Gasteiger partial charge < -0.3 is 0 Å². The van der Waals surface area contributed by atoms with Crippen molar-refractivity contribution in [3.63, 3.8) is 0 Å². The maximum atomic E-state index is 3.22. The van der Waals surface area contributed by atoms with Crippen LogP contribution in [0.15, 0.2) is 23.8 Å². The Morgan fingerprint density at radius 2 is 2.29 bits per heavy atom. The van der Waals surface area contributed by atoms with Crippen LogP contribution in [0.4, 0.5) is 0 Å². The zero-order chi connectivity index (χ0) is 10.2. The molecule has 76 valence electrons. The summed E-state index contributed by atoms with van der Waals surface area (Å²) in [5.41, 5.74) is 1.34. The largest absolute Gasteiger partial charge is 0.0759 e. The van der Waals surface area contributed by atoms with Gasteiger partial charge in [-0.25, -0.2) is 0 Å². The van der Waals surface area contributed by atoms with Crippen LogP contribution in [0.3, 0.4) is 0 Å². The summed E-state index contributed by atoms with van der Waals surface area (Å²) in [4.78, 5) is 0. The molecule has 0 heteroatoms. The van der Waals surface area contributed by atoms with Crippen LogP contribution in [-0.4, -0.2) is 0 Å². The van der Waals surface area contributed by atoms with E-state index in [0.717, 1.165) is 12.3 Å². The summed E-state index contributed by atoms with van der Waals surface area (Å²) in [6.45, 7) is 4.45. The van der Waals surface area contributed by atoms with Gasteiger partial charge in [0.2, 0.25) is 0 Å². The summed E-state index contributed by atoms with van der Waals surface area (Å²) in [7, 11) is 0. The Balaban J connectivity index is 2.32. The highest BCUT2D eigenvalue weighted by Crippen LogP contribution is 2.15. The van der Waals surface area contributed by atoms with E-state index >= 15 is 0 Å². The molecule has 0 radical (unpaired) electrons. The summed E-state index contributed by atoms with van der Waals surface area (Å²) in [5.74, 6) is 7.07. The highest BCUT2D eigenvalue weighted by molar-refractivity contribution is 5.33. The van der Waals surface area contributed by atoms with Gasteiger partial charge in [0, 0.05) is 0 Å². The Bertz CT molecular complexity index is 268. The lowest BCUT2D eigenvalue weighted by Gasteiger charge is -2.05. The summed E-state index contributed by atoms with van der Waals surface area (Å²) in [5, 5.41) is 0. The number of hydrogen-bond acceptors (Lipinski definition) is 0. The molecule has 0 fully saturated rings. The van der Waals surface area contributed by atoms with E-state index in [9.17, 15) is 0 Å². The van der Waals surface area contributed by atoms with Gasteiger partial charge in [-0.05, 0) is 49.7 Å². The van der Waals surface area contributed by atoms with E-state index in [-0.39, 0.29) is 0 Å². The molecule has 0 atom stereocenters. The highest BCUT2D eigenvalue weighted by atomic mass is 14.0. The first kappa shape index (κ1) is 11.1. The molecule has 1 aliphatic carbocycles. The molecule has 0 saturated carbocycles. The lowest BCUT2D eigenvalue weighted by molar-refractivity contribution is 0.664. The van der Waals surface area contributed by atoms with Gasteiger partial charge in [-0.3, -0.25) is 0 Å². The van der Waals surface area contributed by atoms with Crippen molar-refractivity contribution < 1.29 is 0 Å². The molecule has 0 heterocycles. The zero-order valence-electron chi connectivity index (χ0n) is 9.34. The average molecular weight is 188 g/mol. The first-order chi connectivity index (χ1) is 6.79. The van der Waals surface area contributed by atoms with Gasteiger partial charge in [0.25, 0.3) is 0 Å². The van der Waals surface area contributed by atoms with Crippen molar-refractivity contribution >= 4 is 0 Å². The lowest BCUT2D eigenvalue weighted by Crippen LogP contribution is -1.88. The normalized spacial score (nSPS) is 16.6. The molecule has 0 aromatic carbocycles. The third kappa shape index (κ3) is 4.92. The third-order valence-corrected chi connectivity index (χ3v) is 2.33. The number of allylic oxidation sites excluding steroid dienone is 4. The first-order valence-electron chi connectivity index (χ1n) is 5.64. The van der Waals surface area contributed by atoms with Crippen molar-refractivity contribution in [2.75, 3.05) is 0 Å². The molecule has 0 aromatic heterocycles. The maximum absolute atomic E-state index is 3.22. The average Bonchev–Trinajstić information content (AvgIpc) is 2.18. The summed E-state index contributed by atoms with van der Waals surface area (Å²) >= 11 is 0. The van der Waals surface area contributed by atoms with Crippen molar-refractivity contribution in [1.29, 1.82) is 0 Å². The monoisotopic (exact) mass is 188 g/mol. The summed E-state index contributed by atoms with van der Waals surface area (Å²) < 4.78 is 0. The molecule has 14 heavy (non-hydrogen) atoms. The topological polar surface area (TPSA) is 0 Å². The van der Waals surface area contributed by atoms with E-state index in [2.05, 4.69) is 37.8 Å². The molecule has 0 bridgehead atoms. The van der Waals surface area contributed by atoms with E-state index in [1.165, 1.54) is 31.3 Å². The second-order valence-electron chi connectivity index (χ2n) is 4.28. The molecule has 0 amide bonds. The third-order valence-electron chi connectivity index (χ3n) is 2.33. The molecule has 0 aromatic rings. The fourth-order valence-electron chi connectivity index (χ4n) is 1.49. The van der Waals surface area contributed by atoms with Crippen molar-refractivity contribution in [3.8, 4) is 11.8 Å². The number of hydrogen-bond donors (Lipinski definition) is 0. The van der Waals surface area contributed by atoms with E-state index < -0.39 is 0 Å². The second kappa shape index (κ2) is 6.49. The van der Waals surface area contributed by atoms with E-state index in [1.54, 1.807) is 0 Å². The first-order valence-corrected chi connectivity index (χ1v) is 5.64. The van der Waals surface area contributed by atoms with Gasteiger partial charge in [-0.1, -0.05) is 37.8 Å². The van der Waals surface area contributed by atoms with Gasteiger partial charge in [0.05, 0.1) is 0 Å². The van der Waals surface area contributed by atoms with Crippen LogP contribution in [0.1, 0.15) is 46.0 Å². The van der Waals surface area contributed by atoms with Crippen molar-refractivity contribution in [1.82, 2.24) is 0 Å². The molecular formula is C14H20. The van der Waals surface area contributed by atoms with Gasteiger partial charge in [-0.2, -0.15) is 0 Å². The Labute approximate surface area is 88.1 Å². The predicted molar refractivity (Wildman–Crippen MR) is 62.9 cm³/mol. The molecule has 0 saturated heterocycles. The molecule has 0 aliphatic heterocycles. The smallest absolute Gasteiger partial charge is 0.00160 e. The van der Waals surface area contributed by atoms with Crippen LogP contribution in [-0.2, 0) is 0 Å². The van der Waals surface area contributed by atoms with Crippen LogP contribution in [0.25, 0.3) is 0 Å².